The van der Waals surface area contributed by atoms with Gasteiger partial charge in [-0.2, -0.15) is 4.39 Å². The third-order valence-electron chi connectivity index (χ3n) is 8.66. The molecule has 0 spiro atoms. The summed E-state index contributed by atoms with van der Waals surface area (Å²) in [5.74, 6) is -1.86. The van der Waals surface area contributed by atoms with Crippen molar-refractivity contribution in [3.63, 3.8) is 0 Å². The van der Waals surface area contributed by atoms with Crippen LogP contribution in [0.3, 0.4) is 0 Å². The molecular formula is C31H40F4O. The van der Waals surface area contributed by atoms with Crippen molar-refractivity contribution in [2.75, 3.05) is 6.61 Å². The predicted octanol–water partition coefficient (Wildman–Crippen LogP) is 9.62. The lowest BCUT2D eigenvalue weighted by atomic mass is 9.76. The fraction of sp³-hybridized carbons (Fsp3) is 0.613. The Morgan fingerprint density at radius 2 is 1.17 bits per heavy atom. The van der Waals surface area contributed by atoms with E-state index >= 15 is 0 Å². The van der Waals surface area contributed by atoms with Crippen molar-refractivity contribution in [1.82, 2.24) is 0 Å². The van der Waals surface area contributed by atoms with Gasteiger partial charge in [-0.3, -0.25) is 0 Å². The Morgan fingerprint density at radius 1 is 0.639 bits per heavy atom. The van der Waals surface area contributed by atoms with Gasteiger partial charge in [-0.25, -0.2) is 13.2 Å². The van der Waals surface area contributed by atoms with Gasteiger partial charge >= 0.3 is 0 Å². The molecular weight excluding hydrogens is 464 g/mol. The summed E-state index contributed by atoms with van der Waals surface area (Å²) in [4.78, 5) is 0. The molecule has 4 rings (SSSR count). The van der Waals surface area contributed by atoms with Gasteiger partial charge < -0.3 is 4.74 Å². The van der Waals surface area contributed by atoms with Gasteiger partial charge in [0.1, 0.15) is 0 Å². The standard InChI is InChI=1S/C31H40F4O/c1-3-5-20-6-11-22(12-7-20)25-17-16-24(28(32)29(25)33)15-10-21-8-13-23(14-9-21)26-18-19-27(36-4-2)31(35)30(26)34/h16-23H,3-15H2,1-2H3. The molecule has 0 heterocycles. The van der Waals surface area contributed by atoms with E-state index in [1.165, 1.54) is 18.9 Å². The van der Waals surface area contributed by atoms with E-state index in [9.17, 15) is 17.6 Å². The lowest BCUT2D eigenvalue weighted by molar-refractivity contribution is 0.295. The predicted molar refractivity (Wildman–Crippen MR) is 137 cm³/mol. The first-order valence-electron chi connectivity index (χ1n) is 14.0. The van der Waals surface area contributed by atoms with Gasteiger partial charge in [-0.05, 0) is 118 Å². The summed E-state index contributed by atoms with van der Waals surface area (Å²) in [5, 5.41) is 0. The molecule has 0 unspecified atom stereocenters. The van der Waals surface area contributed by atoms with Crippen LogP contribution in [0.1, 0.15) is 113 Å². The van der Waals surface area contributed by atoms with Gasteiger partial charge in [0.05, 0.1) is 6.61 Å². The van der Waals surface area contributed by atoms with Crippen molar-refractivity contribution < 1.29 is 22.3 Å². The first-order chi connectivity index (χ1) is 17.4. The first kappa shape index (κ1) is 27.0. The summed E-state index contributed by atoms with van der Waals surface area (Å²) in [7, 11) is 0. The quantitative estimate of drug-likeness (QED) is 0.309. The van der Waals surface area contributed by atoms with Crippen LogP contribution in [0.2, 0.25) is 0 Å². The molecule has 2 aliphatic carbocycles. The molecule has 1 nitrogen and oxygen atoms in total. The van der Waals surface area contributed by atoms with E-state index in [0.717, 1.165) is 63.7 Å². The van der Waals surface area contributed by atoms with Gasteiger partial charge in [0.25, 0.3) is 0 Å². The molecule has 2 saturated carbocycles. The number of hydrogen-bond donors (Lipinski definition) is 0. The highest BCUT2D eigenvalue weighted by Gasteiger charge is 2.28. The van der Waals surface area contributed by atoms with Crippen LogP contribution in [0.5, 0.6) is 5.75 Å². The zero-order valence-corrected chi connectivity index (χ0v) is 21.7. The third kappa shape index (κ3) is 6.08. The number of rotatable bonds is 9. The molecule has 2 fully saturated rings. The van der Waals surface area contributed by atoms with E-state index in [1.807, 2.05) is 6.07 Å². The van der Waals surface area contributed by atoms with E-state index in [0.29, 0.717) is 29.0 Å². The molecule has 5 heteroatoms. The first-order valence-corrected chi connectivity index (χ1v) is 14.0. The molecule has 0 atom stereocenters. The topological polar surface area (TPSA) is 9.23 Å². The average molecular weight is 505 g/mol. The third-order valence-corrected chi connectivity index (χ3v) is 8.66. The summed E-state index contributed by atoms with van der Waals surface area (Å²) in [6.07, 6.45) is 11.1. The molecule has 0 bridgehead atoms. The fourth-order valence-corrected chi connectivity index (χ4v) is 6.53. The maximum absolute atomic E-state index is 15.0. The van der Waals surface area contributed by atoms with Crippen LogP contribution in [0.15, 0.2) is 24.3 Å². The molecule has 2 aromatic carbocycles. The minimum atomic E-state index is -0.911. The number of benzene rings is 2. The van der Waals surface area contributed by atoms with E-state index in [1.54, 1.807) is 19.1 Å². The van der Waals surface area contributed by atoms with Gasteiger partial charge in [-0.1, -0.05) is 38.0 Å². The zero-order chi connectivity index (χ0) is 25.7. The number of aryl methyl sites for hydroxylation is 1. The minimum absolute atomic E-state index is 0.0210. The van der Waals surface area contributed by atoms with Crippen molar-refractivity contribution >= 4 is 0 Å². The van der Waals surface area contributed by atoms with E-state index in [4.69, 9.17) is 4.74 Å². The molecule has 2 aromatic rings. The second kappa shape index (κ2) is 12.5. The molecule has 198 valence electrons. The molecule has 0 radical (unpaired) electrons. The number of ether oxygens (including phenoxy) is 1. The van der Waals surface area contributed by atoms with Crippen LogP contribution in [0, 0.1) is 35.1 Å². The maximum atomic E-state index is 15.0. The zero-order valence-electron chi connectivity index (χ0n) is 21.7. The van der Waals surface area contributed by atoms with Crippen molar-refractivity contribution in [3.05, 3.63) is 64.2 Å². The molecule has 2 aliphatic rings. The Morgan fingerprint density at radius 3 is 1.72 bits per heavy atom. The number of hydrogen-bond acceptors (Lipinski definition) is 1. The lowest BCUT2D eigenvalue weighted by Gasteiger charge is -2.30. The van der Waals surface area contributed by atoms with Crippen molar-refractivity contribution in [2.24, 2.45) is 11.8 Å². The monoisotopic (exact) mass is 504 g/mol. The Bertz CT molecular complexity index is 1000. The summed E-state index contributed by atoms with van der Waals surface area (Å²) in [6, 6.07) is 6.76. The van der Waals surface area contributed by atoms with Crippen molar-refractivity contribution in [1.29, 1.82) is 0 Å². The van der Waals surface area contributed by atoms with Crippen LogP contribution in [0.25, 0.3) is 0 Å². The van der Waals surface area contributed by atoms with Crippen LogP contribution in [-0.2, 0) is 6.42 Å². The second-order valence-corrected chi connectivity index (χ2v) is 10.9. The van der Waals surface area contributed by atoms with E-state index < -0.39 is 23.3 Å². The highest BCUT2D eigenvalue weighted by Crippen LogP contribution is 2.41. The Hall–Kier alpha value is -2.04. The van der Waals surface area contributed by atoms with Gasteiger partial charge in [-0.15, -0.1) is 0 Å². The Balaban J connectivity index is 1.30. The van der Waals surface area contributed by atoms with Crippen LogP contribution in [-0.4, -0.2) is 6.61 Å². The minimum Gasteiger partial charge on any atom is -0.491 e. The van der Waals surface area contributed by atoms with Crippen LogP contribution in [0.4, 0.5) is 17.6 Å². The normalized spacial score (nSPS) is 24.6. The van der Waals surface area contributed by atoms with E-state index in [-0.39, 0.29) is 24.2 Å². The lowest BCUT2D eigenvalue weighted by Crippen LogP contribution is -2.16. The summed E-state index contributed by atoms with van der Waals surface area (Å²) in [6.45, 7) is 4.22. The highest BCUT2D eigenvalue weighted by molar-refractivity contribution is 5.33. The summed E-state index contributed by atoms with van der Waals surface area (Å²) >= 11 is 0. The van der Waals surface area contributed by atoms with Gasteiger partial charge in [0.2, 0.25) is 5.82 Å². The second-order valence-electron chi connectivity index (χ2n) is 10.9. The molecule has 0 aliphatic heterocycles. The molecule has 0 aromatic heterocycles. The molecule has 0 amide bonds. The summed E-state index contributed by atoms with van der Waals surface area (Å²) in [5.41, 5.74) is 1.43. The Labute approximate surface area is 213 Å². The fourth-order valence-electron chi connectivity index (χ4n) is 6.53. The van der Waals surface area contributed by atoms with E-state index in [2.05, 4.69) is 6.92 Å². The smallest absolute Gasteiger partial charge is 0.200 e. The van der Waals surface area contributed by atoms with Crippen molar-refractivity contribution in [2.45, 2.75) is 103 Å². The maximum Gasteiger partial charge on any atom is 0.200 e. The molecule has 36 heavy (non-hydrogen) atoms. The molecule has 0 saturated heterocycles. The van der Waals surface area contributed by atoms with Crippen LogP contribution < -0.4 is 4.74 Å². The highest BCUT2D eigenvalue weighted by atomic mass is 19.2. The average Bonchev–Trinajstić information content (AvgIpc) is 2.89. The summed E-state index contributed by atoms with van der Waals surface area (Å²) < 4.78 is 64.0. The van der Waals surface area contributed by atoms with Gasteiger partial charge in [0, 0.05) is 0 Å². The van der Waals surface area contributed by atoms with Crippen molar-refractivity contribution in [3.8, 4) is 5.75 Å². The van der Waals surface area contributed by atoms with Crippen LogP contribution >= 0.6 is 0 Å². The van der Waals surface area contributed by atoms with Gasteiger partial charge in [0.15, 0.2) is 23.2 Å². The largest absolute Gasteiger partial charge is 0.491 e. The SMILES string of the molecule is CCCC1CCC(c2ccc(CCC3CCC(c4ccc(OCC)c(F)c4F)CC3)c(F)c2F)CC1. The number of halogens is 4. The molecule has 0 N–H and O–H groups in total. The Kier molecular flexibility index (Phi) is 9.35.